The minimum absolute atomic E-state index is 0.583. The molecule has 0 aliphatic rings. The van der Waals surface area contributed by atoms with Crippen LogP contribution in [0.4, 0.5) is 65.9 Å². The van der Waals surface area contributed by atoms with Crippen molar-refractivity contribution in [2.45, 2.75) is 41.7 Å². The first-order valence-electron chi connectivity index (χ1n) is 6.21. The van der Waals surface area contributed by atoms with Crippen molar-refractivity contribution >= 4 is 5.91 Å². The lowest BCUT2D eigenvalue weighted by molar-refractivity contribution is -0.449. The van der Waals surface area contributed by atoms with Gasteiger partial charge in [0.25, 0.3) is 5.91 Å². The Balaban J connectivity index is 6.43. The summed E-state index contributed by atoms with van der Waals surface area (Å²) in [6.45, 7) is -2.66. The average Bonchev–Trinajstić information content (AvgIpc) is 2.50. The first-order valence-corrected chi connectivity index (χ1v) is 6.21. The first kappa shape index (κ1) is 26.4. The number of amides is 1. The molecule has 168 valence electrons. The summed E-state index contributed by atoms with van der Waals surface area (Å²) in [5.74, 6) is -51.6. The second kappa shape index (κ2) is 7.01. The zero-order valence-electron chi connectivity index (χ0n) is 12.4. The Kier molecular flexibility index (Phi) is 6.61. The van der Waals surface area contributed by atoms with Gasteiger partial charge in [-0.1, -0.05) is 0 Å². The second-order valence-electron chi connectivity index (χ2n) is 4.92. The van der Waals surface area contributed by atoms with E-state index in [9.17, 15) is 70.7 Å². The van der Waals surface area contributed by atoms with Gasteiger partial charge in [0, 0.05) is 6.54 Å². The third-order valence-corrected chi connectivity index (χ3v) is 3.01. The van der Waals surface area contributed by atoms with E-state index in [1.807, 2.05) is 0 Å². The maximum atomic E-state index is 13.2. The van der Waals surface area contributed by atoms with E-state index in [-0.39, 0.29) is 0 Å². The van der Waals surface area contributed by atoms with Gasteiger partial charge in [-0.3, -0.25) is 4.79 Å². The highest BCUT2D eigenvalue weighted by atomic mass is 19.4. The summed E-state index contributed by atoms with van der Waals surface area (Å²) < 4.78 is 191. The molecule has 0 heterocycles. The smallest absolute Gasteiger partial charge is 0.395 e. The molecule has 0 spiro atoms. The number of hydrogen-bond acceptors (Lipinski definition) is 2. The lowest BCUT2D eigenvalue weighted by Crippen LogP contribution is -2.74. The van der Waals surface area contributed by atoms with Gasteiger partial charge in [0.05, 0.1) is 6.61 Å². The monoisotopic (exact) mass is 457 g/mol. The molecule has 0 saturated heterocycles. The van der Waals surface area contributed by atoms with Crippen LogP contribution in [-0.2, 0) is 4.79 Å². The topological polar surface area (TPSA) is 49.3 Å². The fourth-order valence-electron chi connectivity index (χ4n) is 1.39. The van der Waals surface area contributed by atoms with E-state index in [1.165, 1.54) is 0 Å². The van der Waals surface area contributed by atoms with E-state index in [0.717, 1.165) is 0 Å². The standard InChI is InChI=1S/C10H6F15NO2/c11-4(12,3(28)26-1-2-27)5(13,14)6(15,16)7(17,18)8(19,20)9(21,22)10(23,24)25/h27H,1-2H2,(H,26,28). The van der Waals surface area contributed by atoms with Crippen LogP contribution in [0.3, 0.4) is 0 Å². The summed E-state index contributed by atoms with van der Waals surface area (Å²) in [5, 5.41) is 8.72. The van der Waals surface area contributed by atoms with Crippen LogP contribution in [0.1, 0.15) is 0 Å². The van der Waals surface area contributed by atoms with Crippen LogP contribution in [0.15, 0.2) is 0 Å². The van der Waals surface area contributed by atoms with Crippen LogP contribution in [0.25, 0.3) is 0 Å². The van der Waals surface area contributed by atoms with Gasteiger partial charge >= 0.3 is 41.7 Å². The number of hydrogen-bond donors (Lipinski definition) is 2. The van der Waals surface area contributed by atoms with Crippen molar-refractivity contribution in [3.63, 3.8) is 0 Å². The lowest BCUT2D eigenvalue weighted by Gasteiger charge is -2.41. The molecule has 18 heteroatoms. The van der Waals surface area contributed by atoms with E-state index in [2.05, 4.69) is 0 Å². The van der Waals surface area contributed by atoms with E-state index in [4.69, 9.17) is 5.11 Å². The number of aliphatic hydroxyl groups excluding tert-OH is 1. The predicted molar refractivity (Wildman–Crippen MR) is 55.8 cm³/mol. The number of halogens is 15. The molecule has 0 fully saturated rings. The normalized spacial score (nSPS) is 15.6. The molecule has 1 amide bonds. The van der Waals surface area contributed by atoms with Gasteiger partial charge in [-0.15, -0.1) is 0 Å². The highest BCUT2D eigenvalue weighted by molar-refractivity contribution is 5.84. The number of carbonyl (C=O) groups excluding carboxylic acids is 1. The molecule has 0 aromatic heterocycles. The molecule has 0 aromatic rings. The van der Waals surface area contributed by atoms with Crippen molar-refractivity contribution in [1.82, 2.24) is 5.32 Å². The fraction of sp³-hybridized carbons (Fsp3) is 0.900. The molecule has 0 aromatic carbocycles. The molecule has 0 unspecified atom stereocenters. The molecule has 2 N–H and O–H groups in total. The Morgan fingerprint density at radius 3 is 1.25 bits per heavy atom. The molecule has 28 heavy (non-hydrogen) atoms. The zero-order chi connectivity index (χ0) is 23.2. The maximum Gasteiger partial charge on any atom is 0.460 e. The number of alkyl halides is 15. The van der Waals surface area contributed by atoms with Gasteiger partial charge in [-0.2, -0.15) is 65.9 Å². The van der Waals surface area contributed by atoms with Crippen LogP contribution in [0.5, 0.6) is 0 Å². The molecule has 0 aliphatic carbocycles. The van der Waals surface area contributed by atoms with Crippen molar-refractivity contribution in [2.24, 2.45) is 0 Å². The average molecular weight is 457 g/mol. The third kappa shape index (κ3) is 3.42. The van der Waals surface area contributed by atoms with Gasteiger partial charge in [0.1, 0.15) is 0 Å². The van der Waals surface area contributed by atoms with Crippen LogP contribution in [-0.4, -0.2) is 65.9 Å². The van der Waals surface area contributed by atoms with E-state index >= 15 is 0 Å². The summed E-state index contributed by atoms with van der Waals surface area (Å²) in [6, 6.07) is 0. The highest BCUT2D eigenvalue weighted by Crippen LogP contribution is 2.62. The van der Waals surface area contributed by atoms with Gasteiger partial charge in [-0.25, -0.2) is 0 Å². The highest BCUT2D eigenvalue weighted by Gasteiger charge is 2.94. The predicted octanol–water partition coefficient (Wildman–Crippen LogP) is 3.47. The van der Waals surface area contributed by atoms with Crippen LogP contribution in [0, 0.1) is 0 Å². The molecule has 0 rings (SSSR count). The van der Waals surface area contributed by atoms with Gasteiger partial charge in [0.2, 0.25) is 0 Å². The summed E-state index contributed by atoms with van der Waals surface area (Å²) in [7, 11) is 0. The Labute approximate surface area is 143 Å². The number of rotatable bonds is 8. The molecular weight excluding hydrogens is 451 g/mol. The number of nitrogens with one attached hydrogen (secondary N) is 1. The van der Waals surface area contributed by atoms with Crippen molar-refractivity contribution in [1.29, 1.82) is 0 Å². The molecule has 0 atom stereocenters. The van der Waals surface area contributed by atoms with Crippen molar-refractivity contribution in [3.05, 3.63) is 0 Å². The fourth-order valence-corrected chi connectivity index (χ4v) is 1.39. The molecular formula is C10H6F15NO2. The summed E-state index contributed by atoms with van der Waals surface area (Å²) in [6.07, 6.45) is -7.69. The number of carbonyl (C=O) groups is 1. The van der Waals surface area contributed by atoms with Gasteiger partial charge in [0.15, 0.2) is 0 Å². The lowest BCUT2D eigenvalue weighted by atomic mass is 9.91. The Morgan fingerprint density at radius 1 is 0.607 bits per heavy atom. The van der Waals surface area contributed by atoms with Crippen molar-refractivity contribution < 1.29 is 75.8 Å². The summed E-state index contributed by atoms with van der Waals surface area (Å²) in [4.78, 5) is 10.7. The van der Waals surface area contributed by atoms with Gasteiger partial charge < -0.3 is 10.4 Å². The van der Waals surface area contributed by atoms with Crippen molar-refractivity contribution in [2.75, 3.05) is 13.2 Å². The first-order chi connectivity index (χ1) is 12.0. The Morgan fingerprint density at radius 2 is 0.929 bits per heavy atom. The minimum Gasteiger partial charge on any atom is -0.395 e. The van der Waals surface area contributed by atoms with E-state index in [0.29, 0.717) is 5.32 Å². The maximum absolute atomic E-state index is 13.2. The molecule has 0 radical (unpaired) electrons. The molecule has 0 aliphatic heterocycles. The Hall–Kier alpha value is -1.62. The van der Waals surface area contributed by atoms with Crippen LogP contribution >= 0.6 is 0 Å². The van der Waals surface area contributed by atoms with Crippen LogP contribution in [0.2, 0.25) is 0 Å². The SMILES string of the molecule is O=C(NCCO)C(F)(F)C(F)(F)C(F)(F)C(F)(F)C(F)(F)C(F)(F)C(F)(F)F. The van der Waals surface area contributed by atoms with Crippen LogP contribution < -0.4 is 5.32 Å². The summed E-state index contributed by atoms with van der Waals surface area (Å²) >= 11 is 0. The minimum atomic E-state index is -8.44. The summed E-state index contributed by atoms with van der Waals surface area (Å²) in [5.41, 5.74) is 0. The van der Waals surface area contributed by atoms with Gasteiger partial charge in [-0.05, 0) is 0 Å². The molecule has 0 saturated carbocycles. The molecule has 0 bridgehead atoms. The van der Waals surface area contributed by atoms with E-state index < -0.39 is 60.8 Å². The third-order valence-electron chi connectivity index (χ3n) is 3.01. The number of aliphatic hydroxyl groups is 1. The largest absolute Gasteiger partial charge is 0.460 e. The molecule has 3 nitrogen and oxygen atoms in total. The quantitative estimate of drug-likeness (QED) is 0.549. The van der Waals surface area contributed by atoms with E-state index in [1.54, 1.807) is 0 Å². The Bertz CT molecular complexity index is 582. The second-order valence-corrected chi connectivity index (χ2v) is 4.92. The zero-order valence-corrected chi connectivity index (χ0v) is 12.4. The van der Waals surface area contributed by atoms with Crippen molar-refractivity contribution in [3.8, 4) is 0 Å².